The molecule has 0 saturated carbocycles. The molecule has 3 rings (SSSR count). The van der Waals surface area contributed by atoms with Crippen molar-refractivity contribution in [3.8, 4) is 0 Å². The van der Waals surface area contributed by atoms with Gasteiger partial charge in [0.15, 0.2) is 5.43 Å². The molecule has 3 aromatic rings. The lowest BCUT2D eigenvalue weighted by atomic mass is 10.2. The van der Waals surface area contributed by atoms with Gasteiger partial charge >= 0.3 is 0 Å². The Balaban J connectivity index is 1.61. The third-order valence-electron chi connectivity index (χ3n) is 3.76. The highest BCUT2D eigenvalue weighted by atomic mass is 35.5. The van der Waals surface area contributed by atoms with Crippen molar-refractivity contribution in [2.24, 2.45) is 0 Å². The molecule has 6 heteroatoms. The van der Waals surface area contributed by atoms with Crippen molar-refractivity contribution in [2.75, 3.05) is 11.1 Å². The van der Waals surface area contributed by atoms with E-state index in [1.165, 1.54) is 11.8 Å². The molecule has 0 unspecified atom stereocenters. The molecule has 0 bridgehead atoms. The fraction of sp³-hybridized carbons (Fsp3) is 0.158. The number of nitrogens with one attached hydrogen (secondary N) is 2. The highest BCUT2D eigenvalue weighted by Crippen LogP contribution is 2.18. The largest absolute Gasteiger partial charge is 0.357 e. The van der Waals surface area contributed by atoms with Gasteiger partial charge in [-0.15, -0.1) is 11.8 Å². The van der Waals surface area contributed by atoms with Crippen molar-refractivity contribution in [3.63, 3.8) is 0 Å². The first-order valence-corrected chi connectivity index (χ1v) is 9.31. The standard InChI is InChI=1S/C19H17ClN2O2S/c1-12-4-2-3-5-16(12)22-19(24)11-25-10-14-9-18(23)15-8-13(20)6-7-17(15)21-14/h2-9H,10-11H2,1H3,(H,21,23)(H,22,24). The predicted octanol–water partition coefficient (Wildman–Crippen LogP) is 4.36. The van der Waals surface area contributed by atoms with Crippen LogP contribution in [0.3, 0.4) is 0 Å². The number of carbonyl (C=O) groups excluding carboxylic acids is 1. The number of carbonyl (C=O) groups is 1. The number of thioether (sulfide) groups is 1. The Morgan fingerprint density at radius 3 is 2.80 bits per heavy atom. The number of aromatic nitrogens is 1. The number of H-pyrrole nitrogens is 1. The Labute approximate surface area is 154 Å². The molecule has 2 aromatic carbocycles. The number of hydrogen-bond acceptors (Lipinski definition) is 3. The van der Waals surface area contributed by atoms with Crippen molar-refractivity contribution in [2.45, 2.75) is 12.7 Å². The summed E-state index contributed by atoms with van der Waals surface area (Å²) >= 11 is 7.38. The highest BCUT2D eigenvalue weighted by Gasteiger charge is 2.07. The smallest absolute Gasteiger partial charge is 0.234 e. The molecular weight excluding hydrogens is 356 g/mol. The van der Waals surface area contributed by atoms with E-state index in [2.05, 4.69) is 10.3 Å². The van der Waals surface area contributed by atoms with Gasteiger partial charge in [-0.3, -0.25) is 9.59 Å². The third kappa shape index (κ3) is 4.44. The Morgan fingerprint density at radius 1 is 1.20 bits per heavy atom. The number of pyridine rings is 1. The minimum Gasteiger partial charge on any atom is -0.357 e. The quantitative estimate of drug-likeness (QED) is 0.699. The van der Waals surface area contributed by atoms with E-state index in [4.69, 9.17) is 11.6 Å². The average Bonchev–Trinajstić information content (AvgIpc) is 2.58. The van der Waals surface area contributed by atoms with Crippen molar-refractivity contribution in [1.82, 2.24) is 4.98 Å². The number of anilines is 1. The zero-order chi connectivity index (χ0) is 17.8. The molecule has 128 valence electrons. The molecule has 0 aliphatic carbocycles. The number of halogens is 1. The normalized spacial score (nSPS) is 10.8. The van der Waals surface area contributed by atoms with Crippen molar-refractivity contribution >= 4 is 45.9 Å². The van der Waals surface area contributed by atoms with Crippen LogP contribution in [0, 0.1) is 6.92 Å². The molecule has 0 saturated heterocycles. The van der Waals surface area contributed by atoms with Crippen LogP contribution in [0.5, 0.6) is 0 Å². The molecule has 1 heterocycles. The molecule has 0 atom stereocenters. The summed E-state index contributed by atoms with van der Waals surface area (Å²) in [6.45, 7) is 1.95. The Hall–Kier alpha value is -2.24. The van der Waals surface area contributed by atoms with Gasteiger partial charge in [-0.25, -0.2) is 0 Å². The molecule has 4 nitrogen and oxygen atoms in total. The second-order valence-corrected chi connectivity index (χ2v) is 7.13. The second-order valence-electron chi connectivity index (χ2n) is 5.70. The molecule has 1 amide bonds. The lowest BCUT2D eigenvalue weighted by molar-refractivity contribution is -0.113. The SMILES string of the molecule is Cc1ccccc1NC(=O)CSCc1cc(=O)c2cc(Cl)ccc2[nH]1. The van der Waals surface area contributed by atoms with Crippen LogP contribution in [0.4, 0.5) is 5.69 Å². The maximum Gasteiger partial charge on any atom is 0.234 e. The molecule has 0 spiro atoms. The van der Waals surface area contributed by atoms with Crippen LogP contribution in [0.1, 0.15) is 11.3 Å². The Morgan fingerprint density at radius 2 is 2.00 bits per heavy atom. The van der Waals surface area contributed by atoms with Crippen LogP contribution in [0.2, 0.25) is 5.02 Å². The molecule has 2 N–H and O–H groups in total. The maximum absolute atomic E-state index is 12.2. The lowest BCUT2D eigenvalue weighted by Gasteiger charge is -2.08. The van der Waals surface area contributed by atoms with E-state index in [9.17, 15) is 9.59 Å². The molecule has 25 heavy (non-hydrogen) atoms. The summed E-state index contributed by atoms with van der Waals surface area (Å²) < 4.78 is 0. The molecule has 0 radical (unpaired) electrons. The minimum atomic E-state index is -0.0730. The van der Waals surface area contributed by atoms with Crippen molar-refractivity contribution in [1.29, 1.82) is 0 Å². The molecule has 0 aliphatic heterocycles. The van der Waals surface area contributed by atoms with E-state index >= 15 is 0 Å². The number of amides is 1. The third-order valence-corrected chi connectivity index (χ3v) is 4.97. The van der Waals surface area contributed by atoms with E-state index in [1.54, 1.807) is 24.3 Å². The Bertz CT molecular complexity index is 985. The van der Waals surface area contributed by atoms with Gasteiger partial charge in [0, 0.05) is 39.1 Å². The van der Waals surface area contributed by atoms with Crippen LogP contribution < -0.4 is 10.7 Å². The summed E-state index contributed by atoms with van der Waals surface area (Å²) in [6.07, 6.45) is 0. The summed E-state index contributed by atoms with van der Waals surface area (Å²) in [5, 5.41) is 4.00. The van der Waals surface area contributed by atoms with Crippen molar-refractivity contribution in [3.05, 3.63) is 75.0 Å². The van der Waals surface area contributed by atoms with Gasteiger partial charge in [-0.1, -0.05) is 29.8 Å². The zero-order valence-electron chi connectivity index (χ0n) is 13.6. The van der Waals surface area contributed by atoms with Crippen LogP contribution >= 0.6 is 23.4 Å². The van der Waals surface area contributed by atoms with Crippen LogP contribution in [-0.2, 0) is 10.5 Å². The fourth-order valence-corrected chi connectivity index (χ4v) is 3.41. The van der Waals surface area contributed by atoms with Crippen LogP contribution in [0.15, 0.2) is 53.3 Å². The summed E-state index contributed by atoms with van der Waals surface area (Å²) in [7, 11) is 0. The second kappa shape index (κ2) is 7.76. The number of aromatic amines is 1. The summed E-state index contributed by atoms with van der Waals surface area (Å²) in [5.41, 5.74) is 3.31. The van der Waals surface area contributed by atoms with Gasteiger partial charge in [0.2, 0.25) is 5.91 Å². The van der Waals surface area contributed by atoms with Gasteiger partial charge < -0.3 is 10.3 Å². The topological polar surface area (TPSA) is 62.0 Å². The van der Waals surface area contributed by atoms with Gasteiger partial charge in [-0.05, 0) is 36.8 Å². The van der Waals surface area contributed by atoms with E-state index < -0.39 is 0 Å². The van der Waals surface area contributed by atoms with E-state index in [-0.39, 0.29) is 11.3 Å². The van der Waals surface area contributed by atoms with Gasteiger partial charge in [0.25, 0.3) is 0 Å². The van der Waals surface area contributed by atoms with E-state index in [0.717, 1.165) is 22.5 Å². The van der Waals surface area contributed by atoms with Gasteiger partial charge in [0.1, 0.15) is 0 Å². The predicted molar refractivity (Wildman–Crippen MR) is 106 cm³/mol. The molecule has 0 fully saturated rings. The first-order chi connectivity index (χ1) is 12.0. The monoisotopic (exact) mass is 372 g/mol. The highest BCUT2D eigenvalue weighted by molar-refractivity contribution is 7.99. The minimum absolute atomic E-state index is 0.0609. The molecular formula is C19H17ClN2O2S. The fourth-order valence-electron chi connectivity index (χ4n) is 2.51. The van der Waals surface area contributed by atoms with Gasteiger partial charge in [-0.2, -0.15) is 0 Å². The van der Waals surface area contributed by atoms with Crippen LogP contribution in [-0.4, -0.2) is 16.6 Å². The van der Waals surface area contributed by atoms with E-state index in [1.807, 2.05) is 31.2 Å². The first-order valence-electron chi connectivity index (χ1n) is 7.77. The Kier molecular flexibility index (Phi) is 5.46. The lowest BCUT2D eigenvalue weighted by Crippen LogP contribution is -2.15. The number of hydrogen-bond donors (Lipinski definition) is 2. The molecule has 1 aromatic heterocycles. The number of fused-ring (bicyclic) bond motifs is 1. The number of benzene rings is 2. The average molecular weight is 373 g/mol. The van der Waals surface area contributed by atoms with Crippen molar-refractivity contribution < 1.29 is 4.79 Å². The maximum atomic E-state index is 12.2. The first kappa shape index (κ1) is 17.6. The zero-order valence-corrected chi connectivity index (χ0v) is 15.2. The van der Waals surface area contributed by atoms with Gasteiger partial charge in [0.05, 0.1) is 5.75 Å². The number of para-hydroxylation sites is 1. The van der Waals surface area contributed by atoms with Crippen LogP contribution in [0.25, 0.3) is 10.9 Å². The molecule has 0 aliphatic rings. The summed E-state index contributed by atoms with van der Waals surface area (Å²) in [5.74, 6) is 0.804. The number of rotatable bonds is 5. The number of aryl methyl sites for hydroxylation is 1. The summed E-state index contributed by atoms with van der Waals surface area (Å²) in [6, 6.07) is 14.4. The summed E-state index contributed by atoms with van der Waals surface area (Å²) in [4.78, 5) is 27.4. The van der Waals surface area contributed by atoms with E-state index in [0.29, 0.717) is 21.9 Å².